The topological polar surface area (TPSA) is 37.4 Å². The molecule has 0 spiro atoms. The molecule has 0 bridgehead atoms. The zero-order valence-corrected chi connectivity index (χ0v) is 12.9. The minimum atomic E-state index is -0.361. The second-order valence-electron chi connectivity index (χ2n) is 5.00. The molecule has 1 heterocycles. The fourth-order valence-corrected chi connectivity index (χ4v) is 1.82. The molecule has 0 amide bonds. The van der Waals surface area contributed by atoms with Crippen LogP contribution >= 0.6 is 0 Å². The van der Waals surface area contributed by atoms with Gasteiger partial charge in [-0.2, -0.15) is 0 Å². The number of hydrogen-bond acceptors (Lipinski definition) is 4. The molecule has 0 aliphatic carbocycles. The van der Waals surface area contributed by atoms with Gasteiger partial charge in [0.2, 0.25) is 0 Å². The van der Waals surface area contributed by atoms with Gasteiger partial charge in [0.15, 0.2) is 5.82 Å². The van der Waals surface area contributed by atoms with Gasteiger partial charge in [-0.1, -0.05) is 27.7 Å². The van der Waals surface area contributed by atoms with Crippen LogP contribution in [0, 0.1) is 5.82 Å². The third-order valence-corrected chi connectivity index (χ3v) is 3.18. The van der Waals surface area contributed by atoms with Gasteiger partial charge in [0, 0.05) is 30.9 Å². The summed E-state index contributed by atoms with van der Waals surface area (Å²) in [5, 5.41) is 3.19. The van der Waals surface area contributed by atoms with E-state index in [1.54, 1.807) is 12.3 Å². The summed E-state index contributed by atoms with van der Waals surface area (Å²) in [7, 11) is 0. The zero-order chi connectivity index (χ0) is 15.0. The summed E-state index contributed by atoms with van der Waals surface area (Å²) in [6.45, 7) is 11.9. The van der Waals surface area contributed by atoms with Crippen LogP contribution in [0.3, 0.4) is 0 Å². The average Bonchev–Trinajstić information content (AvgIpc) is 2.44. The third kappa shape index (κ3) is 5.43. The molecular formula is C15H26FN3O. The van der Waals surface area contributed by atoms with Gasteiger partial charge >= 0.3 is 0 Å². The van der Waals surface area contributed by atoms with Crippen LogP contribution in [0.15, 0.2) is 12.3 Å². The molecule has 0 aromatic carbocycles. The van der Waals surface area contributed by atoms with E-state index in [0.29, 0.717) is 24.8 Å². The molecule has 0 unspecified atom stereocenters. The number of halogens is 1. The molecule has 1 aromatic rings. The molecule has 1 aromatic heterocycles. The Hall–Kier alpha value is -1.20. The Bertz CT molecular complexity index is 395. The van der Waals surface area contributed by atoms with Crippen molar-refractivity contribution in [2.45, 2.75) is 40.3 Å². The molecular weight excluding hydrogens is 257 g/mol. The van der Waals surface area contributed by atoms with Crippen LogP contribution in [0.5, 0.6) is 5.88 Å². The summed E-state index contributed by atoms with van der Waals surface area (Å²) in [6, 6.07) is 2.00. The van der Waals surface area contributed by atoms with Crippen molar-refractivity contribution in [3.8, 4) is 5.88 Å². The van der Waals surface area contributed by atoms with E-state index in [1.807, 2.05) is 13.8 Å². The number of ether oxygens (including phenoxy) is 1. The SMILES string of the molecule is CCN(CC)CCOc1nccc(CNC(C)C)c1F. The summed E-state index contributed by atoms with van der Waals surface area (Å²) >= 11 is 0. The Morgan fingerprint density at radius 3 is 2.65 bits per heavy atom. The van der Waals surface area contributed by atoms with Crippen LogP contribution in [-0.4, -0.2) is 42.2 Å². The largest absolute Gasteiger partial charge is 0.474 e. The van der Waals surface area contributed by atoms with Gasteiger partial charge in [0.25, 0.3) is 5.88 Å². The van der Waals surface area contributed by atoms with Gasteiger partial charge in [-0.05, 0) is 19.2 Å². The molecule has 1 rings (SSSR count). The highest BCUT2D eigenvalue weighted by Gasteiger charge is 2.11. The molecule has 0 radical (unpaired) electrons. The second kappa shape index (κ2) is 8.87. The minimum Gasteiger partial charge on any atom is -0.474 e. The molecule has 5 heteroatoms. The van der Waals surface area contributed by atoms with Crippen molar-refractivity contribution in [3.63, 3.8) is 0 Å². The van der Waals surface area contributed by atoms with Crippen molar-refractivity contribution < 1.29 is 9.13 Å². The van der Waals surface area contributed by atoms with Crippen molar-refractivity contribution in [2.75, 3.05) is 26.2 Å². The standard InChI is InChI=1S/C15H26FN3O/c1-5-19(6-2)9-10-20-15-14(16)13(7-8-17-15)11-18-12(3)4/h7-8,12,18H,5-6,9-11H2,1-4H3. The lowest BCUT2D eigenvalue weighted by Crippen LogP contribution is -2.28. The Balaban J connectivity index is 2.55. The van der Waals surface area contributed by atoms with Crippen LogP contribution in [0.1, 0.15) is 33.3 Å². The van der Waals surface area contributed by atoms with E-state index in [4.69, 9.17) is 4.74 Å². The fourth-order valence-electron chi connectivity index (χ4n) is 1.82. The van der Waals surface area contributed by atoms with Gasteiger partial charge in [-0.3, -0.25) is 0 Å². The Morgan fingerprint density at radius 1 is 1.35 bits per heavy atom. The number of nitrogens with one attached hydrogen (secondary N) is 1. The quantitative estimate of drug-likeness (QED) is 0.755. The Kier molecular flexibility index (Phi) is 7.47. The van der Waals surface area contributed by atoms with Crippen LogP contribution in [0.2, 0.25) is 0 Å². The number of hydrogen-bond donors (Lipinski definition) is 1. The summed E-state index contributed by atoms with van der Waals surface area (Å²) in [5.74, 6) is -0.264. The van der Waals surface area contributed by atoms with E-state index < -0.39 is 0 Å². The highest BCUT2D eigenvalue weighted by molar-refractivity contribution is 5.23. The molecule has 0 fully saturated rings. The first-order valence-electron chi connectivity index (χ1n) is 7.30. The number of aromatic nitrogens is 1. The maximum absolute atomic E-state index is 14.2. The van der Waals surface area contributed by atoms with Crippen molar-refractivity contribution in [1.29, 1.82) is 0 Å². The number of pyridine rings is 1. The van der Waals surface area contributed by atoms with Gasteiger partial charge in [-0.25, -0.2) is 9.37 Å². The van der Waals surface area contributed by atoms with Crippen molar-refractivity contribution in [2.24, 2.45) is 0 Å². The second-order valence-corrected chi connectivity index (χ2v) is 5.00. The molecule has 0 saturated heterocycles. The molecule has 0 saturated carbocycles. The lowest BCUT2D eigenvalue weighted by molar-refractivity contribution is 0.211. The van der Waals surface area contributed by atoms with E-state index >= 15 is 0 Å². The van der Waals surface area contributed by atoms with E-state index in [-0.39, 0.29) is 11.7 Å². The molecule has 0 aliphatic rings. The first-order chi connectivity index (χ1) is 9.58. The van der Waals surface area contributed by atoms with E-state index in [1.165, 1.54) is 0 Å². The normalized spacial score (nSPS) is 11.3. The smallest absolute Gasteiger partial charge is 0.250 e. The molecule has 4 nitrogen and oxygen atoms in total. The van der Waals surface area contributed by atoms with Crippen LogP contribution in [0.25, 0.3) is 0 Å². The predicted molar refractivity (Wildman–Crippen MR) is 79.5 cm³/mol. The minimum absolute atomic E-state index is 0.0974. The van der Waals surface area contributed by atoms with Crippen molar-refractivity contribution in [1.82, 2.24) is 15.2 Å². The van der Waals surface area contributed by atoms with Crippen molar-refractivity contribution in [3.05, 3.63) is 23.6 Å². The van der Waals surface area contributed by atoms with Gasteiger partial charge < -0.3 is 15.0 Å². The first-order valence-corrected chi connectivity index (χ1v) is 7.30. The fraction of sp³-hybridized carbons (Fsp3) is 0.667. The molecule has 114 valence electrons. The highest BCUT2D eigenvalue weighted by Crippen LogP contribution is 2.17. The van der Waals surface area contributed by atoms with Gasteiger partial charge in [0.05, 0.1) is 0 Å². The molecule has 1 N–H and O–H groups in total. The third-order valence-electron chi connectivity index (χ3n) is 3.18. The molecule has 20 heavy (non-hydrogen) atoms. The number of rotatable bonds is 9. The maximum Gasteiger partial charge on any atom is 0.250 e. The summed E-state index contributed by atoms with van der Waals surface area (Å²) in [4.78, 5) is 6.20. The van der Waals surface area contributed by atoms with Gasteiger partial charge in [0.1, 0.15) is 6.61 Å². The molecule has 0 aliphatic heterocycles. The van der Waals surface area contributed by atoms with Crippen molar-refractivity contribution >= 4 is 0 Å². The van der Waals surface area contributed by atoms with E-state index in [0.717, 1.165) is 19.6 Å². The number of nitrogens with zero attached hydrogens (tertiary/aromatic N) is 2. The summed E-state index contributed by atoms with van der Waals surface area (Å²) < 4.78 is 19.6. The van der Waals surface area contributed by atoms with Gasteiger partial charge in [-0.15, -0.1) is 0 Å². The average molecular weight is 283 g/mol. The summed E-state index contributed by atoms with van der Waals surface area (Å²) in [5.41, 5.74) is 0.589. The lowest BCUT2D eigenvalue weighted by atomic mass is 10.2. The highest BCUT2D eigenvalue weighted by atomic mass is 19.1. The maximum atomic E-state index is 14.2. The van der Waals surface area contributed by atoms with E-state index in [2.05, 4.69) is 29.0 Å². The Morgan fingerprint density at radius 2 is 2.05 bits per heavy atom. The number of likely N-dealkylation sites (N-methyl/N-ethyl adjacent to an activating group) is 1. The predicted octanol–water partition coefficient (Wildman–Crippen LogP) is 2.44. The Labute approximate surface area is 121 Å². The van der Waals surface area contributed by atoms with E-state index in [9.17, 15) is 4.39 Å². The van der Waals surface area contributed by atoms with Crippen LogP contribution in [0.4, 0.5) is 4.39 Å². The first kappa shape index (κ1) is 16.9. The zero-order valence-electron chi connectivity index (χ0n) is 12.9. The lowest BCUT2D eigenvalue weighted by Gasteiger charge is -2.18. The monoisotopic (exact) mass is 283 g/mol. The summed E-state index contributed by atoms with van der Waals surface area (Å²) in [6.07, 6.45) is 1.59. The molecule has 0 atom stereocenters. The van der Waals surface area contributed by atoms with Crippen LogP contribution < -0.4 is 10.1 Å². The van der Waals surface area contributed by atoms with Crippen LogP contribution in [-0.2, 0) is 6.54 Å².